The minimum atomic E-state index is -0.0901. The lowest BCUT2D eigenvalue weighted by Crippen LogP contribution is -2.62. The summed E-state index contributed by atoms with van der Waals surface area (Å²) >= 11 is 2.64. The first kappa shape index (κ1) is 33.8. The molecule has 1 saturated carbocycles. The van der Waals surface area contributed by atoms with Crippen molar-refractivity contribution in [2.75, 3.05) is 0 Å². The van der Waals surface area contributed by atoms with Crippen molar-refractivity contribution in [1.29, 1.82) is 0 Å². The van der Waals surface area contributed by atoms with Gasteiger partial charge in [0.1, 0.15) is 0 Å². The lowest BCUT2D eigenvalue weighted by Gasteiger charge is -2.65. The largest absolute Gasteiger partial charge is 0.112 e. The summed E-state index contributed by atoms with van der Waals surface area (Å²) in [7, 11) is 0. The summed E-state index contributed by atoms with van der Waals surface area (Å²) in [6.07, 6.45) is 0. The Morgan fingerprint density at radius 1 is 0.291 bits per heavy atom. The minimum Gasteiger partial charge on any atom is -0.112 e. The van der Waals surface area contributed by atoms with E-state index in [0.29, 0.717) is 118 Å². The van der Waals surface area contributed by atoms with E-state index in [0.717, 1.165) is 0 Å². The van der Waals surface area contributed by atoms with Crippen LogP contribution in [0.1, 0.15) is 276 Å². The maximum absolute atomic E-state index is 2.70. The molecule has 79 heavy (non-hydrogen) atoms. The molecule has 22 unspecified atom stereocenters. The molecule has 0 nitrogen and oxygen atoms in total. The number of thioether (sulfide) groups is 1. The molecule has 2 spiro atoms. The van der Waals surface area contributed by atoms with Crippen LogP contribution >= 0.6 is 11.8 Å². The van der Waals surface area contributed by atoms with E-state index < -0.39 is 0 Å². The van der Waals surface area contributed by atoms with Crippen molar-refractivity contribution in [3.8, 4) is 11.1 Å². The summed E-state index contributed by atoms with van der Waals surface area (Å²) in [5.41, 5.74) is 49.8. The van der Waals surface area contributed by atoms with E-state index in [2.05, 4.69) is 88.7 Å². The van der Waals surface area contributed by atoms with Gasteiger partial charge in [0.2, 0.25) is 0 Å². The molecule has 0 amide bonds. The maximum atomic E-state index is 2.70. The average molecular weight is 1010 g/mol. The Morgan fingerprint density at radius 3 is 1.03 bits per heavy atom. The number of hydrogen-bond acceptors (Lipinski definition) is 1. The second kappa shape index (κ2) is 7.88. The van der Waals surface area contributed by atoms with Gasteiger partial charge in [-0.1, -0.05) is 65.8 Å². The van der Waals surface area contributed by atoms with Crippen LogP contribution in [0.4, 0.5) is 0 Å². The Labute approximate surface area is 455 Å². The van der Waals surface area contributed by atoms with Crippen LogP contribution in [0.3, 0.4) is 0 Å². The molecule has 0 N–H and O–H groups in total. The summed E-state index contributed by atoms with van der Waals surface area (Å²) in [5.74, 6) is 12.6. The molecule has 0 saturated heterocycles. The van der Waals surface area contributed by atoms with Gasteiger partial charge in [-0.3, -0.25) is 0 Å². The van der Waals surface area contributed by atoms with Gasteiger partial charge in [-0.15, -0.1) is 11.8 Å². The van der Waals surface area contributed by atoms with Crippen molar-refractivity contribution in [2.24, 2.45) is 11.8 Å². The first-order valence-electron chi connectivity index (χ1n) is 32.2. The standard InChI is InChI=1S/C78H42S/c1-75(2,3)67-11-9-7-8-10-12(11)74-73(72(67)76(4,5)6)77-68-59-51-41-31-23-15-13-14-17-21-19(15)27-35-29(21)39-33-25(17)26-18(14)22-20-16(13)24(23)32-38-28(20)36-30(22)40-34(26)44-43(33)55-49(39)57-47(35)53(45(51)37(27)31)61(68)63(57)70-65(55)66-56(44)50(40)58-48(36)54-46(38)52(42(32)41)60(59)69(77)62(54)64(58)71(66)78(70,77)79-74/h7-10,15,17,19,21,23,25,31,33,41-44,52,56,60,62,64,66,69,71H,1-6H3. The fourth-order valence-corrected chi connectivity index (χ4v) is 36.5. The number of fused-ring (bicyclic) bond motifs is 3. The van der Waals surface area contributed by atoms with Crippen molar-refractivity contribution >= 4 is 109 Å². The smallest absolute Gasteiger partial charge is 0.0645 e. The topological polar surface area (TPSA) is 0 Å². The summed E-state index contributed by atoms with van der Waals surface area (Å²) < 4.78 is -0.0395. The van der Waals surface area contributed by atoms with Gasteiger partial charge in [0.15, 0.2) is 0 Å². The highest BCUT2D eigenvalue weighted by molar-refractivity contribution is 8.01. The first-order valence-corrected chi connectivity index (χ1v) is 33.0. The summed E-state index contributed by atoms with van der Waals surface area (Å²) in [4.78, 5) is 1.77. The molecule has 22 atom stereocenters. The van der Waals surface area contributed by atoms with Crippen LogP contribution in [-0.4, -0.2) is 0 Å². The van der Waals surface area contributed by atoms with Gasteiger partial charge >= 0.3 is 0 Å². The zero-order chi connectivity index (χ0) is 48.5. The van der Waals surface area contributed by atoms with Crippen LogP contribution in [0.25, 0.3) is 108 Å². The highest BCUT2D eigenvalue weighted by atomic mass is 32.2. The van der Waals surface area contributed by atoms with Crippen molar-refractivity contribution < 1.29 is 0 Å². The van der Waals surface area contributed by atoms with Gasteiger partial charge in [-0.2, -0.15) is 0 Å². The summed E-state index contributed by atoms with van der Waals surface area (Å²) in [6, 6.07) is 10.2. The van der Waals surface area contributed by atoms with Gasteiger partial charge in [0.05, 0.1) is 4.75 Å². The summed E-state index contributed by atoms with van der Waals surface area (Å²) in [5, 5.41) is 33.9. The molecule has 360 valence electrons. The van der Waals surface area contributed by atoms with Crippen molar-refractivity contribution in [2.45, 2.75) is 174 Å². The molecule has 1 fully saturated rings. The number of rotatable bonds is 0. The predicted octanol–water partition coefficient (Wildman–Crippen LogP) is 18.3. The third-order valence-electron chi connectivity index (χ3n) is 32.8. The second-order valence-corrected chi connectivity index (χ2v) is 35.9. The zero-order valence-corrected chi connectivity index (χ0v) is 45.1. The third kappa shape index (κ3) is 2.00. The van der Waals surface area contributed by atoms with Crippen molar-refractivity contribution in [1.82, 2.24) is 0 Å². The van der Waals surface area contributed by atoms with E-state index in [4.69, 9.17) is 0 Å². The Balaban J connectivity index is 0.970. The van der Waals surface area contributed by atoms with Gasteiger partial charge in [-0.05, 0) is 365 Å². The molecular weight excluding hydrogens is 969 g/mol. The van der Waals surface area contributed by atoms with Crippen LogP contribution in [0.2, 0.25) is 0 Å². The van der Waals surface area contributed by atoms with Crippen molar-refractivity contribution in [3.05, 3.63) is 152 Å². The number of hydrogen-bond donors (Lipinski definition) is 0. The third-order valence-corrected chi connectivity index (χ3v) is 34.6. The predicted molar refractivity (Wildman–Crippen MR) is 311 cm³/mol. The number of benzene rings is 11. The lowest BCUT2D eigenvalue weighted by molar-refractivity contribution is 0.0334. The maximum Gasteiger partial charge on any atom is 0.0645 e. The highest BCUT2D eigenvalue weighted by Gasteiger charge is 2.90. The molecular formula is C78H42S. The van der Waals surface area contributed by atoms with Gasteiger partial charge < -0.3 is 0 Å². The molecule has 0 radical (unpaired) electrons. The second-order valence-electron chi connectivity index (χ2n) is 34.6. The molecule has 12 aromatic carbocycles. The SMILES string of the molecule is CC(C)(C)c1c2c(c3ccccc3c1C(C)(C)C)SC13c4c5c6c7c8c9c%10c%11c%12c%13c%14c%15c(c%16c%13c%10c7c4-%16)C21C1C%15C2c4c7c%10c%13c%15c%16c%17c%18c%19c%20c%21c%22c%23c(c4c4c%22c%19c%16c%104)C2C%14C%12C%23C%21C%11C9C%20C%18C8C6C%17C%15C5C3C%13C71. The van der Waals surface area contributed by atoms with Crippen LogP contribution < -0.4 is 0 Å². The van der Waals surface area contributed by atoms with Gasteiger partial charge in [0, 0.05) is 10.3 Å². The average Bonchev–Trinajstić information content (AvgIpc) is 1.43. The fourth-order valence-electron chi connectivity index (χ4n) is 34.2. The normalized spacial score (nSPS) is 44.4. The van der Waals surface area contributed by atoms with Crippen LogP contribution in [0.5, 0.6) is 0 Å². The van der Waals surface area contributed by atoms with E-state index >= 15 is 0 Å². The monoisotopic (exact) mass is 1010 g/mol. The van der Waals surface area contributed by atoms with E-state index in [1.165, 1.54) is 0 Å². The van der Waals surface area contributed by atoms with Gasteiger partial charge in [0.25, 0.3) is 0 Å². The molecule has 12 aromatic rings. The molecule has 1 heteroatoms. The molecule has 1 aliphatic heterocycles. The lowest BCUT2D eigenvalue weighted by atomic mass is 9.38. The van der Waals surface area contributed by atoms with E-state index in [-0.39, 0.29) is 21.0 Å². The van der Waals surface area contributed by atoms with Gasteiger partial charge in [-0.25, -0.2) is 0 Å². The Kier molecular flexibility index (Phi) is 3.37. The van der Waals surface area contributed by atoms with E-state index in [1.54, 1.807) is 26.8 Å². The Bertz CT molecular complexity index is 6080. The molecule has 23 aliphatic rings. The molecule has 22 aliphatic carbocycles. The fraction of sp³-hybridized carbons (Fsp3) is 0.385. The Morgan fingerprint density at radius 2 is 0.595 bits per heavy atom. The van der Waals surface area contributed by atoms with E-state index in [9.17, 15) is 0 Å². The molecule has 35 rings (SSSR count). The van der Waals surface area contributed by atoms with E-state index in [1.807, 2.05) is 203 Å². The molecule has 0 aromatic heterocycles. The van der Waals surface area contributed by atoms with Crippen LogP contribution in [0.15, 0.2) is 29.2 Å². The quantitative estimate of drug-likeness (QED) is 0.136. The first-order chi connectivity index (χ1) is 38.7. The molecule has 1 heterocycles. The Hall–Kier alpha value is -5.89. The highest BCUT2D eigenvalue weighted by Crippen LogP contribution is 3.01. The van der Waals surface area contributed by atoms with Crippen LogP contribution in [0, 0.1) is 11.8 Å². The molecule has 0 bridgehead atoms. The summed E-state index contributed by atoms with van der Waals surface area (Å²) in [6.45, 7) is 16.0. The van der Waals surface area contributed by atoms with Crippen molar-refractivity contribution in [3.63, 3.8) is 0 Å². The minimum absolute atomic E-state index is 0.0140. The zero-order valence-electron chi connectivity index (χ0n) is 44.3. The van der Waals surface area contributed by atoms with Crippen LogP contribution in [-0.2, 0) is 21.0 Å².